The zero-order valence-electron chi connectivity index (χ0n) is 14.4. The summed E-state index contributed by atoms with van der Waals surface area (Å²) in [6.45, 7) is 0. The Morgan fingerprint density at radius 3 is 1.96 bits per heavy atom. The average Bonchev–Trinajstić information content (AvgIpc) is 2.68. The van der Waals surface area contributed by atoms with E-state index in [1.54, 1.807) is 21.3 Å². The lowest BCUT2D eigenvalue weighted by Gasteiger charge is -2.18. The molecular formula is C21H20O4. The van der Waals surface area contributed by atoms with E-state index >= 15 is 0 Å². The molecule has 3 rings (SSSR count). The highest BCUT2D eigenvalue weighted by molar-refractivity contribution is 5.87. The molecule has 4 heteroatoms. The van der Waals surface area contributed by atoms with Gasteiger partial charge in [0.05, 0.1) is 26.9 Å². The standard InChI is InChI=1S/C21H20O4/c1-23-16-11-9-14(10-12-16)17-13-18(24-2)19(21(25-3)20(17)22)15-7-5-4-6-8-15/h4-13,22H,1-3H3. The molecule has 3 aromatic carbocycles. The van der Waals surface area contributed by atoms with Gasteiger partial charge in [-0.05, 0) is 29.3 Å². The first-order valence-electron chi connectivity index (χ1n) is 7.87. The molecule has 0 aliphatic carbocycles. The van der Waals surface area contributed by atoms with Gasteiger partial charge in [-0.2, -0.15) is 0 Å². The van der Waals surface area contributed by atoms with Gasteiger partial charge in [-0.3, -0.25) is 0 Å². The summed E-state index contributed by atoms with van der Waals surface area (Å²) in [4.78, 5) is 0. The number of phenols is 1. The van der Waals surface area contributed by atoms with Crippen LogP contribution in [0.1, 0.15) is 0 Å². The number of methoxy groups -OCH3 is 3. The van der Waals surface area contributed by atoms with E-state index in [0.717, 1.165) is 22.4 Å². The third kappa shape index (κ3) is 3.11. The molecule has 0 aromatic heterocycles. The van der Waals surface area contributed by atoms with Crippen LogP contribution in [0.4, 0.5) is 0 Å². The van der Waals surface area contributed by atoms with Gasteiger partial charge in [-0.15, -0.1) is 0 Å². The molecule has 0 spiro atoms. The summed E-state index contributed by atoms with van der Waals surface area (Å²) in [5, 5.41) is 10.8. The molecule has 25 heavy (non-hydrogen) atoms. The van der Waals surface area contributed by atoms with Crippen molar-refractivity contribution in [1.82, 2.24) is 0 Å². The molecule has 0 bridgehead atoms. The minimum Gasteiger partial charge on any atom is -0.504 e. The molecule has 0 fully saturated rings. The van der Waals surface area contributed by atoms with Crippen LogP contribution in [0.5, 0.6) is 23.0 Å². The molecule has 0 radical (unpaired) electrons. The smallest absolute Gasteiger partial charge is 0.172 e. The maximum absolute atomic E-state index is 10.8. The number of benzene rings is 3. The number of ether oxygens (including phenoxy) is 3. The third-order valence-electron chi connectivity index (χ3n) is 4.11. The summed E-state index contributed by atoms with van der Waals surface area (Å²) in [6, 6.07) is 19.0. The van der Waals surface area contributed by atoms with Crippen molar-refractivity contribution in [2.45, 2.75) is 0 Å². The quantitative estimate of drug-likeness (QED) is 0.730. The fraction of sp³-hybridized carbons (Fsp3) is 0.143. The molecule has 0 amide bonds. The van der Waals surface area contributed by atoms with Crippen LogP contribution in [-0.4, -0.2) is 26.4 Å². The van der Waals surface area contributed by atoms with E-state index in [-0.39, 0.29) is 5.75 Å². The van der Waals surface area contributed by atoms with Crippen LogP contribution in [0, 0.1) is 0 Å². The minimum absolute atomic E-state index is 0.0762. The van der Waals surface area contributed by atoms with Gasteiger partial charge in [0.2, 0.25) is 0 Å². The van der Waals surface area contributed by atoms with Gasteiger partial charge in [0.25, 0.3) is 0 Å². The number of aromatic hydroxyl groups is 1. The lowest BCUT2D eigenvalue weighted by molar-refractivity contribution is 0.368. The van der Waals surface area contributed by atoms with Crippen molar-refractivity contribution in [3.63, 3.8) is 0 Å². The Labute approximate surface area is 147 Å². The molecule has 0 heterocycles. The van der Waals surface area contributed by atoms with Gasteiger partial charge in [0.15, 0.2) is 11.5 Å². The Bertz CT molecular complexity index is 855. The summed E-state index contributed by atoms with van der Waals surface area (Å²) in [5.41, 5.74) is 3.11. The van der Waals surface area contributed by atoms with Crippen molar-refractivity contribution in [1.29, 1.82) is 0 Å². The Morgan fingerprint density at radius 1 is 0.720 bits per heavy atom. The molecule has 3 aromatic rings. The van der Waals surface area contributed by atoms with Crippen molar-refractivity contribution < 1.29 is 19.3 Å². The van der Waals surface area contributed by atoms with Crippen molar-refractivity contribution in [2.75, 3.05) is 21.3 Å². The van der Waals surface area contributed by atoms with E-state index in [1.807, 2.05) is 60.7 Å². The molecule has 0 atom stereocenters. The molecule has 0 aliphatic heterocycles. The molecule has 0 saturated heterocycles. The minimum atomic E-state index is 0.0762. The van der Waals surface area contributed by atoms with E-state index in [1.165, 1.54) is 0 Å². The van der Waals surface area contributed by atoms with Crippen LogP contribution in [-0.2, 0) is 0 Å². The van der Waals surface area contributed by atoms with Crippen molar-refractivity contribution in [3.05, 3.63) is 60.7 Å². The normalized spacial score (nSPS) is 10.4. The first kappa shape index (κ1) is 16.7. The van der Waals surface area contributed by atoms with Crippen LogP contribution in [0.15, 0.2) is 60.7 Å². The first-order chi connectivity index (χ1) is 12.2. The zero-order valence-corrected chi connectivity index (χ0v) is 14.4. The van der Waals surface area contributed by atoms with E-state index < -0.39 is 0 Å². The molecule has 4 nitrogen and oxygen atoms in total. The van der Waals surface area contributed by atoms with Crippen LogP contribution >= 0.6 is 0 Å². The monoisotopic (exact) mass is 336 g/mol. The SMILES string of the molecule is COc1ccc(-c2cc(OC)c(-c3ccccc3)c(OC)c2O)cc1. The maximum atomic E-state index is 10.8. The van der Waals surface area contributed by atoms with Crippen LogP contribution in [0.3, 0.4) is 0 Å². The van der Waals surface area contributed by atoms with E-state index in [4.69, 9.17) is 14.2 Å². The highest BCUT2D eigenvalue weighted by atomic mass is 16.5. The van der Waals surface area contributed by atoms with Crippen molar-refractivity contribution >= 4 is 0 Å². The number of hydrogen-bond donors (Lipinski definition) is 1. The summed E-state index contributed by atoms with van der Waals surface area (Å²) < 4.78 is 16.3. The Morgan fingerprint density at radius 2 is 1.40 bits per heavy atom. The van der Waals surface area contributed by atoms with Crippen molar-refractivity contribution in [2.24, 2.45) is 0 Å². The fourth-order valence-corrected chi connectivity index (χ4v) is 2.85. The van der Waals surface area contributed by atoms with Crippen LogP contribution in [0.25, 0.3) is 22.3 Å². The predicted octanol–water partition coefficient (Wildman–Crippen LogP) is 4.75. The highest BCUT2D eigenvalue weighted by Crippen LogP contribution is 2.49. The third-order valence-corrected chi connectivity index (χ3v) is 4.11. The average molecular weight is 336 g/mol. The molecular weight excluding hydrogens is 316 g/mol. The van der Waals surface area contributed by atoms with E-state index in [2.05, 4.69) is 0 Å². The molecule has 0 unspecified atom stereocenters. The highest BCUT2D eigenvalue weighted by Gasteiger charge is 2.21. The second-order valence-corrected chi connectivity index (χ2v) is 5.48. The van der Waals surface area contributed by atoms with Gasteiger partial charge >= 0.3 is 0 Å². The number of phenolic OH excluding ortho intramolecular Hbond substituents is 1. The molecule has 1 N–H and O–H groups in total. The summed E-state index contributed by atoms with van der Waals surface area (Å²) >= 11 is 0. The second kappa shape index (κ2) is 7.18. The van der Waals surface area contributed by atoms with E-state index in [0.29, 0.717) is 17.1 Å². The largest absolute Gasteiger partial charge is 0.504 e. The van der Waals surface area contributed by atoms with Crippen LogP contribution < -0.4 is 14.2 Å². The second-order valence-electron chi connectivity index (χ2n) is 5.48. The first-order valence-corrected chi connectivity index (χ1v) is 7.87. The topological polar surface area (TPSA) is 47.9 Å². The maximum Gasteiger partial charge on any atom is 0.172 e. The van der Waals surface area contributed by atoms with Gasteiger partial charge in [0, 0.05) is 5.56 Å². The molecule has 0 aliphatic rings. The van der Waals surface area contributed by atoms with Gasteiger partial charge in [-0.25, -0.2) is 0 Å². The summed E-state index contributed by atoms with van der Waals surface area (Å²) in [5.74, 6) is 1.85. The predicted molar refractivity (Wildman–Crippen MR) is 98.6 cm³/mol. The molecule has 128 valence electrons. The Kier molecular flexibility index (Phi) is 4.80. The zero-order chi connectivity index (χ0) is 17.8. The van der Waals surface area contributed by atoms with E-state index in [9.17, 15) is 5.11 Å². The molecule has 0 saturated carbocycles. The van der Waals surface area contributed by atoms with Gasteiger partial charge in [-0.1, -0.05) is 42.5 Å². The van der Waals surface area contributed by atoms with Gasteiger partial charge < -0.3 is 19.3 Å². The summed E-state index contributed by atoms with van der Waals surface area (Å²) in [6.07, 6.45) is 0. The lowest BCUT2D eigenvalue weighted by atomic mass is 9.96. The van der Waals surface area contributed by atoms with Gasteiger partial charge in [0.1, 0.15) is 11.5 Å². The van der Waals surface area contributed by atoms with Crippen LogP contribution in [0.2, 0.25) is 0 Å². The number of hydrogen-bond acceptors (Lipinski definition) is 4. The summed E-state index contributed by atoms with van der Waals surface area (Å²) in [7, 11) is 4.77. The lowest BCUT2D eigenvalue weighted by Crippen LogP contribution is -1.96. The fourth-order valence-electron chi connectivity index (χ4n) is 2.85. The Balaban J connectivity index is 2.22. The van der Waals surface area contributed by atoms with Crippen molar-refractivity contribution in [3.8, 4) is 45.3 Å². The number of rotatable bonds is 5. The Hall–Kier alpha value is -3.14.